The maximum Gasteiger partial charge on any atom is 0.335 e. The van der Waals surface area contributed by atoms with E-state index in [1.165, 1.54) is 18.2 Å². The molecular formula is C12H13NO5S. The predicted octanol–water partition coefficient (Wildman–Crippen LogP) is 0.427. The van der Waals surface area contributed by atoms with E-state index < -0.39 is 23.9 Å². The molecule has 102 valence electrons. The summed E-state index contributed by atoms with van der Waals surface area (Å²) in [6, 6.07) is 4.86. The van der Waals surface area contributed by atoms with Gasteiger partial charge in [0.15, 0.2) is 0 Å². The van der Waals surface area contributed by atoms with Crippen LogP contribution in [0.2, 0.25) is 0 Å². The van der Waals surface area contributed by atoms with E-state index in [1.54, 1.807) is 6.07 Å². The second-order valence-corrected chi connectivity index (χ2v) is 4.19. The minimum Gasteiger partial charge on any atom is -0.480 e. The fraction of sp³-hybridized carbons (Fsp3) is 0.250. The van der Waals surface area contributed by atoms with Gasteiger partial charge in [0.2, 0.25) is 5.91 Å². The van der Waals surface area contributed by atoms with Crippen LogP contribution >= 0.6 is 12.6 Å². The molecule has 1 amide bonds. The van der Waals surface area contributed by atoms with Gasteiger partial charge in [-0.3, -0.25) is 4.79 Å². The van der Waals surface area contributed by atoms with Crippen LogP contribution in [0.4, 0.5) is 0 Å². The van der Waals surface area contributed by atoms with Crippen molar-refractivity contribution in [2.75, 3.05) is 5.75 Å². The van der Waals surface area contributed by atoms with Gasteiger partial charge in [0.05, 0.1) is 12.0 Å². The van der Waals surface area contributed by atoms with Gasteiger partial charge >= 0.3 is 11.9 Å². The van der Waals surface area contributed by atoms with Gasteiger partial charge in [-0.2, -0.15) is 12.6 Å². The van der Waals surface area contributed by atoms with Crippen LogP contribution in [0.15, 0.2) is 24.3 Å². The highest BCUT2D eigenvalue weighted by molar-refractivity contribution is 7.80. The maximum atomic E-state index is 11.6. The second-order valence-electron chi connectivity index (χ2n) is 3.82. The van der Waals surface area contributed by atoms with Crippen molar-refractivity contribution in [1.82, 2.24) is 5.32 Å². The number of hydrogen-bond donors (Lipinski definition) is 4. The van der Waals surface area contributed by atoms with Crippen LogP contribution in [0.25, 0.3) is 0 Å². The van der Waals surface area contributed by atoms with Gasteiger partial charge in [0.25, 0.3) is 0 Å². The number of amides is 1. The largest absolute Gasteiger partial charge is 0.480 e. The summed E-state index contributed by atoms with van der Waals surface area (Å²) >= 11 is 3.83. The number of benzene rings is 1. The molecule has 1 rings (SSSR count). The monoisotopic (exact) mass is 283 g/mol. The molecule has 19 heavy (non-hydrogen) atoms. The van der Waals surface area contributed by atoms with Crippen LogP contribution in [0, 0.1) is 0 Å². The minimum absolute atomic E-state index is 0.0176. The van der Waals surface area contributed by atoms with Crippen LogP contribution in [0.3, 0.4) is 0 Å². The topological polar surface area (TPSA) is 104 Å². The summed E-state index contributed by atoms with van der Waals surface area (Å²) in [5.41, 5.74) is 0.579. The molecule has 0 aliphatic carbocycles. The Bertz CT molecular complexity index is 503. The van der Waals surface area contributed by atoms with Crippen LogP contribution in [-0.2, 0) is 16.0 Å². The first kappa shape index (κ1) is 15.0. The number of nitrogens with one attached hydrogen (secondary N) is 1. The van der Waals surface area contributed by atoms with E-state index in [9.17, 15) is 14.4 Å². The van der Waals surface area contributed by atoms with Crippen LogP contribution < -0.4 is 5.32 Å². The lowest BCUT2D eigenvalue weighted by Gasteiger charge is -2.11. The van der Waals surface area contributed by atoms with Gasteiger partial charge in [0.1, 0.15) is 6.04 Å². The molecule has 0 saturated heterocycles. The molecule has 0 aromatic heterocycles. The number of hydrogen-bond acceptors (Lipinski definition) is 4. The summed E-state index contributed by atoms with van der Waals surface area (Å²) in [5.74, 6) is -2.76. The van der Waals surface area contributed by atoms with E-state index in [0.717, 1.165) is 0 Å². The first-order valence-corrected chi connectivity index (χ1v) is 6.02. The zero-order valence-corrected chi connectivity index (χ0v) is 10.8. The van der Waals surface area contributed by atoms with Crippen LogP contribution in [0.5, 0.6) is 0 Å². The third-order valence-electron chi connectivity index (χ3n) is 2.35. The number of carboxylic acid groups (broad SMARTS) is 2. The van der Waals surface area contributed by atoms with Crippen molar-refractivity contribution in [3.63, 3.8) is 0 Å². The van der Waals surface area contributed by atoms with Gasteiger partial charge in [-0.15, -0.1) is 0 Å². The molecule has 0 aliphatic rings. The Morgan fingerprint density at radius 1 is 1.26 bits per heavy atom. The molecule has 6 nitrogen and oxygen atoms in total. The highest BCUT2D eigenvalue weighted by atomic mass is 32.1. The second kappa shape index (κ2) is 6.79. The highest BCUT2D eigenvalue weighted by Gasteiger charge is 2.18. The number of aliphatic carboxylic acids is 1. The average Bonchev–Trinajstić information content (AvgIpc) is 2.35. The molecule has 0 unspecified atom stereocenters. The number of thiol groups is 1. The molecule has 0 aliphatic heterocycles. The van der Waals surface area contributed by atoms with Crippen LogP contribution in [0.1, 0.15) is 15.9 Å². The lowest BCUT2D eigenvalue weighted by Crippen LogP contribution is -2.42. The Labute approximate surface area is 114 Å². The third kappa shape index (κ3) is 4.63. The summed E-state index contributed by atoms with van der Waals surface area (Å²) in [5, 5.41) is 19.9. The van der Waals surface area contributed by atoms with E-state index in [2.05, 4.69) is 17.9 Å². The fourth-order valence-electron chi connectivity index (χ4n) is 1.43. The molecule has 3 N–H and O–H groups in total. The number of carboxylic acids is 2. The van der Waals surface area contributed by atoms with Gasteiger partial charge in [-0.05, 0) is 17.7 Å². The summed E-state index contributed by atoms with van der Waals surface area (Å²) in [7, 11) is 0. The molecule has 1 atom stereocenters. The Kier molecular flexibility index (Phi) is 5.37. The lowest BCUT2D eigenvalue weighted by atomic mass is 10.1. The van der Waals surface area contributed by atoms with Gasteiger partial charge < -0.3 is 15.5 Å². The van der Waals surface area contributed by atoms with Gasteiger partial charge in [0, 0.05) is 5.75 Å². The van der Waals surface area contributed by atoms with E-state index >= 15 is 0 Å². The van der Waals surface area contributed by atoms with Crippen LogP contribution in [-0.4, -0.2) is 39.9 Å². The van der Waals surface area contributed by atoms with E-state index in [-0.39, 0.29) is 17.7 Å². The van der Waals surface area contributed by atoms with Crippen molar-refractivity contribution in [3.8, 4) is 0 Å². The Morgan fingerprint density at radius 3 is 2.47 bits per heavy atom. The number of aromatic carboxylic acids is 1. The van der Waals surface area contributed by atoms with Gasteiger partial charge in [-0.1, -0.05) is 12.1 Å². The standard InChI is InChI=1S/C12H13NO5S/c14-10(13-9(6-19)12(17)18)5-7-2-1-3-8(4-7)11(15)16/h1-4,9,19H,5-6H2,(H,13,14)(H,15,16)(H,17,18)/t9-/m0/s1. The molecule has 0 saturated carbocycles. The quantitative estimate of drug-likeness (QED) is 0.567. The first-order chi connectivity index (χ1) is 8.93. The number of carbonyl (C=O) groups is 3. The molecule has 0 bridgehead atoms. The molecule has 1 aromatic rings. The molecular weight excluding hydrogens is 270 g/mol. The van der Waals surface area contributed by atoms with E-state index in [1.807, 2.05) is 0 Å². The lowest BCUT2D eigenvalue weighted by molar-refractivity contribution is -0.141. The maximum absolute atomic E-state index is 11.6. The Morgan fingerprint density at radius 2 is 1.95 bits per heavy atom. The van der Waals surface area contributed by atoms with E-state index in [0.29, 0.717) is 5.56 Å². The minimum atomic E-state index is -1.16. The van der Waals surface area contributed by atoms with Crippen molar-refractivity contribution >= 4 is 30.5 Å². The summed E-state index contributed by atoms with van der Waals surface area (Å²) < 4.78 is 0. The third-order valence-corrected chi connectivity index (χ3v) is 2.72. The zero-order chi connectivity index (χ0) is 14.4. The van der Waals surface area contributed by atoms with Crippen molar-refractivity contribution in [3.05, 3.63) is 35.4 Å². The first-order valence-electron chi connectivity index (χ1n) is 5.39. The fourth-order valence-corrected chi connectivity index (χ4v) is 1.68. The average molecular weight is 283 g/mol. The van der Waals surface area contributed by atoms with E-state index in [4.69, 9.17) is 10.2 Å². The number of rotatable bonds is 6. The molecule has 0 fully saturated rings. The Hall–Kier alpha value is -2.02. The number of carbonyl (C=O) groups excluding carboxylic acids is 1. The van der Waals surface area contributed by atoms with Crippen molar-refractivity contribution < 1.29 is 24.6 Å². The van der Waals surface area contributed by atoms with Crippen molar-refractivity contribution in [1.29, 1.82) is 0 Å². The molecule has 7 heteroatoms. The Balaban J connectivity index is 2.69. The van der Waals surface area contributed by atoms with Gasteiger partial charge in [-0.25, -0.2) is 9.59 Å². The molecule has 0 spiro atoms. The predicted molar refractivity (Wildman–Crippen MR) is 70.5 cm³/mol. The molecule has 0 radical (unpaired) electrons. The zero-order valence-electron chi connectivity index (χ0n) is 9.87. The van der Waals surface area contributed by atoms with Crippen molar-refractivity contribution in [2.24, 2.45) is 0 Å². The SMILES string of the molecule is O=C(Cc1cccc(C(=O)O)c1)N[C@@H](CS)C(=O)O. The smallest absolute Gasteiger partial charge is 0.335 e. The summed E-state index contributed by atoms with van der Waals surface area (Å²) in [4.78, 5) is 33.1. The normalized spacial score (nSPS) is 11.6. The molecule has 1 aromatic carbocycles. The van der Waals surface area contributed by atoms with Crippen molar-refractivity contribution in [2.45, 2.75) is 12.5 Å². The highest BCUT2D eigenvalue weighted by Crippen LogP contribution is 2.06. The summed E-state index contributed by atoms with van der Waals surface area (Å²) in [6.45, 7) is 0. The summed E-state index contributed by atoms with van der Waals surface area (Å²) in [6.07, 6.45) is -0.0846. The molecule has 0 heterocycles.